The van der Waals surface area contributed by atoms with Gasteiger partial charge < -0.3 is 30.2 Å². The van der Waals surface area contributed by atoms with Gasteiger partial charge in [-0.05, 0) is 84.3 Å². The molecule has 5 rings (SSSR count). The smallest absolute Gasteiger partial charge is 0.322 e. The van der Waals surface area contributed by atoms with Crippen LogP contribution in [0, 0.1) is 11.8 Å². The van der Waals surface area contributed by atoms with Gasteiger partial charge in [0.1, 0.15) is 0 Å². The topological polar surface area (TPSA) is 71.2 Å². The van der Waals surface area contributed by atoms with E-state index in [2.05, 4.69) is 34.9 Å². The number of carbonyl (C=O) groups is 2. The summed E-state index contributed by atoms with van der Waals surface area (Å²) >= 11 is 0. The minimum Gasteiger partial charge on any atom is -0.378 e. The second-order valence-corrected chi connectivity index (χ2v) is 13.3. The van der Waals surface area contributed by atoms with Gasteiger partial charge >= 0.3 is 12.1 Å². The Kier molecular flexibility index (Phi) is 12.0. The molecule has 4 aromatic carbocycles. The molecule has 0 spiro atoms. The number of hydrogen-bond acceptors (Lipinski definition) is 4. The summed E-state index contributed by atoms with van der Waals surface area (Å²) in [7, 11) is 8.01. The van der Waals surface area contributed by atoms with Crippen molar-refractivity contribution in [1.29, 1.82) is 0 Å². The molecule has 0 aliphatic heterocycles. The summed E-state index contributed by atoms with van der Waals surface area (Å²) in [6.07, 6.45) is 4.29. The summed E-state index contributed by atoms with van der Waals surface area (Å²) < 4.78 is 0. The molecule has 8 heteroatoms. The molecule has 48 heavy (non-hydrogen) atoms. The Morgan fingerprint density at radius 3 is 1.23 bits per heavy atom. The van der Waals surface area contributed by atoms with Crippen molar-refractivity contribution in [3.05, 3.63) is 120 Å². The first-order chi connectivity index (χ1) is 23.2. The van der Waals surface area contributed by atoms with Gasteiger partial charge in [-0.2, -0.15) is 0 Å². The first-order valence-corrected chi connectivity index (χ1v) is 17.0. The predicted molar refractivity (Wildman–Crippen MR) is 199 cm³/mol. The molecule has 1 saturated carbocycles. The van der Waals surface area contributed by atoms with Crippen LogP contribution in [0.1, 0.15) is 36.8 Å². The van der Waals surface area contributed by atoms with E-state index in [0.29, 0.717) is 26.2 Å². The molecule has 0 saturated heterocycles. The van der Waals surface area contributed by atoms with Crippen LogP contribution in [0.15, 0.2) is 109 Å². The molecule has 1 fully saturated rings. The van der Waals surface area contributed by atoms with Crippen molar-refractivity contribution in [2.45, 2.75) is 38.8 Å². The Bertz CT molecular complexity index is 1460. The Hall–Kier alpha value is -4.98. The van der Waals surface area contributed by atoms with Gasteiger partial charge in [0, 0.05) is 77.1 Å². The van der Waals surface area contributed by atoms with E-state index in [4.69, 9.17) is 0 Å². The third kappa shape index (κ3) is 9.77. The third-order valence-electron chi connectivity index (χ3n) is 9.25. The lowest BCUT2D eigenvalue weighted by Gasteiger charge is -2.38. The largest absolute Gasteiger partial charge is 0.378 e. The van der Waals surface area contributed by atoms with Gasteiger partial charge in [-0.15, -0.1) is 0 Å². The van der Waals surface area contributed by atoms with Crippen LogP contribution >= 0.6 is 0 Å². The molecule has 1 aliphatic carbocycles. The molecule has 2 atom stereocenters. The van der Waals surface area contributed by atoms with Crippen molar-refractivity contribution in [1.82, 2.24) is 9.80 Å². The molecule has 4 amide bonds. The maximum Gasteiger partial charge on any atom is 0.322 e. The second-order valence-electron chi connectivity index (χ2n) is 13.3. The van der Waals surface area contributed by atoms with Crippen molar-refractivity contribution in [2.24, 2.45) is 11.8 Å². The van der Waals surface area contributed by atoms with E-state index in [1.807, 2.05) is 133 Å². The Balaban J connectivity index is 1.34. The predicted octanol–water partition coefficient (Wildman–Crippen LogP) is 8.39. The molecular formula is C40H50N6O2. The van der Waals surface area contributed by atoms with Crippen LogP contribution in [0.2, 0.25) is 0 Å². The lowest BCUT2D eigenvalue weighted by atomic mass is 9.78. The Morgan fingerprint density at radius 1 is 0.542 bits per heavy atom. The summed E-state index contributed by atoms with van der Waals surface area (Å²) in [6, 6.07) is 36.0. The van der Waals surface area contributed by atoms with Gasteiger partial charge in [0.05, 0.1) is 0 Å². The second kappa shape index (κ2) is 16.7. The van der Waals surface area contributed by atoms with E-state index in [-0.39, 0.29) is 23.9 Å². The molecule has 1 aliphatic rings. The van der Waals surface area contributed by atoms with Crippen molar-refractivity contribution < 1.29 is 9.59 Å². The molecule has 8 nitrogen and oxygen atoms in total. The number of nitrogens with one attached hydrogen (secondary N) is 2. The fourth-order valence-corrected chi connectivity index (χ4v) is 6.47. The van der Waals surface area contributed by atoms with Crippen molar-refractivity contribution in [2.75, 3.05) is 61.7 Å². The highest BCUT2D eigenvalue weighted by molar-refractivity contribution is 5.90. The van der Waals surface area contributed by atoms with Gasteiger partial charge in [-0.1, -0.05) is 73.5 Å². The van der Waals surface area contributed by atoms with Crippen LogP contribution in [-0.2, 0) is 13.1 Å². The van der Waals surface area contributed by atoms with E-state index in [9.17, 15) is 9.59 Å². The number of benzene rings is 4. The number of nitrogens with zero attached hydrogens (tertiary/aromatic N) is 4. The molecule has 252 valence electrons. The van der Waals surface area contributed by atoms with E-state index >= 15 is 0 Å². The zero-order chi connectivity index (χ0) is 33.9. The first-order valence-electron chi connectivity index (χ1n) is 17.0. The fourth-order valence-electron chi connectivity index (χ4n) is 6.47. The van der Waals surface area contributed by atoms with Crippen LogP contribution in [0.25, 0.3) is 0 Å². The van der Waals surface area contributed by atoms with E-state index in [1.54, 1.807) is 0 Å². The summed E-state index contributed by atoms with van der Waals surface area (Å²) in [5.74, 6) is 0.518. The van der Waals surface area contributed by atoms with Crippen LogP contribution in [-0.4, -0.2) is 63.1 Å². The van der Waals surface area contributed by atoms with Gasteiger partial charge in [-0.3, -0.25) is 0 Å². The highest BCUT2D eigenvalue weighted by atomic mass is 16.2. The van der Waals surface area contributed by atoms with Crippen LogP contribution < -0.4 is 20.4 Å². The Labute approximate surface area is 286 Å². The van der Waals surface area contributed by atoms with Crippen molar-refractivity contribution in [3.8, 4) is 0 Å². The number of urea groups is 2. The zero-order valence-electron chi connectivity index (χ0n) is 28.8. The van der Waals surface area contributed by atoms with E-state index in [1.165, 1.54) is 0 Å². The summed E-state index contributed by atoms with van der Waals surface area (Å²) in [4.78, 5) is 35.7. The standard InChI is InChI=1S/C40H50N6O2/c1-43(2)37-23-19-35(20-24-37)41-39(47)45(27-31-13-7-5-8-14-31)29-33-17-11-12-18-34(33)30-46(28-32-15-9-6-10-16-32)40(48)42-36-21-25-38(26-22-36)44(3)4/h5-10,13-16,19-26,33-34H,11-12,17-18,27-30H2,1-4H3,(H,41,47)(H,42,48)/t33-,34-/m1/s1. The summed E-state index contributed by atoms with van der Waals surface area (Å²) in [6.45, 7) is 2.27. The minimum atomic E-state index is -0.110. The molecular weight excluding hydrogens is 596 g/mol. The minimum absolute atomic E-state index is 0.110. The average Bonchev–Trinajstić information content (AvgIpc) is 3.09. The normalized spacial score (nSPS) is 15.7. The van der Waals surface area contributed by atoms with Gasteiger partial charge in [0.25, 0.3) is 0 Å². The monoisotopic (exact) mass is 646 g/mol. The molecule has 0 heterocycles. The fraction of sp³-hybridized carbons (Fsp3) is 0.350. The van der Waals surface area contributed by atoms with Crippen molar-refractivity contribution in [3.63, 3.8) is 0 Å². The number of carbonyl (C=O) groups excluding carboxylic acids is 2. The molecule has 0 radical (unpaired) electrons. The molecule has 2 N–H and O–H groups in total. The molecule has 0 aromatic heterocycles. The summed E-state index contributed by atoms with van der Waals surface area (Å²) in [5.41, 5.74) is 5.88. The van der Waals surface area contributed by atoms with E-state index < -0.39 is 0 Å². The number of amides is 4. The Morgan fingerprint density at radius 2 is 0.896 bits per heavy atom. The SMILES string of the molecule is CN(C)c1ccc(NC(=O)N(Cc2ccccc2)C[C@H]2CCCC[C@@H]2CN(Cc2ccccc2)C(=O)Nc2ccc(N(C)C)cc2)cc1. The number of hydrogen-bond donors (Lipinski definition) is 2. The number of rotatable bonds is 12. The lowest BCUT2D eigenvalue weighted by Crippen LogP contribution is -2.45. The third-order valence-corrected chi connectivity index (χ3v) is 9.25. The van der Waals surface area contributed by atoms with Gasteiger partial charge in [0.2, 0.25) is 0 Å². The quantitative estimate of drug-likeness (QED) is 0.162. The highest BCUT2D eigenvalue weighted by Crippen LogP contribution is 2.33. The van der Waals surface area contributed by atoms with Crippen LogP contribution in [0.3, 0.4) is 0 Å². The van der Waals surface area contributed by atoms with Crippen LogP contribution in [0.5, 0.6) is 0 Å². The van der Waals surface area contributed by atoms with E-state index in [0.717, 1.165) is 59.6 Å². The molecule has 4 aromatic rings. The number of anilines is 4. The van der Waals surface area contributed by atoms with Crippen molar-refractivity contribution >= 4 is 34.8 Å². The lowest BCUT2D eigenvalue weighted by molar-refractivity contribution is 0.127. The molecule has 0 unspecified atom stereocenters. The summed E-state index contributed by atoms with van der Waals surface area (Å²) in [5, 5.41) is 6.31. The van der Waals surface area contributed by atoms with Gasteiger partial charge in [0.15, 0.2) is 0 Å². The zero-order valence-corrected chi connectivity index (χ0v) is 28.8. The average molecular weight is 647 g/mol. The van der Waals surface area contributed by atoms with Gasteiger partial charge in [-0.25, -0.2) is 9.59 Å². The maximum atomic E-state index is 13.9. The van der Waals surface area contributed by atoms with Crippen LogP contribution in [0.4, 0.5) is 32.3 Å². The first kappa shape index (κ1) is 34.4. The highest BCUT2D eigenvalue weighted by Gasteiger charge is 2.31. The molecule has 0 bridgehead atoms. The maximum absolute atomic E-state index is 13.9.